The first kappa shape index (κ1) is 18.9. The minimum atomic E-state index is -4.42. The van der Waals surface area contributed by atoms with Gasteiger partial charge in [0.1, 0.15) is 11.6 Å². The molecule has 0 amide bonds. The van der Waals surface area contributed by atoms with Crippen molar-refractivity contribution in [3.63, 3.8) is 0 Å². The number of halogens is 3. The van der Waals surface area contributed by atoms with E-state index < -0.39 is 11.7 Å². The molecule has 1 N–H and O–H groups in total. The van der Waals surface area contributed by atoms with Gasteiger partial charge in [-0.05, 0) is 31.2 Å². The molecule has 27 heavy (non-hydrogen) atoms. The average molecular weight is 376 g/mol. The van der Waals surface area contributed by atoms with Crippen LogP contribution < -0.4 is 10.1 Å². The molecule has 3 rings (SSSR count). The number of nitrogens with one attached hydrogen (secondary N) is 1. The predicted molar refractivity (Wildman–Crippen MR) is 94.2 cm³/mol. The lowest BCUT2D eigenvalue weighted by Gasteiger charge is -2.12. The normalized spacial score (nSPS) is 11.6. The van der Waals surface area contributed by atoms with Crippen molar-refractivity contribution >= 4 is 0 Å². The molecule has 0 atom stereocenters. The van der Waals surface area contributed by atoms with Gasteiger partial charge in [-0.2, -0.15) is 13.2 Å². The summed E-state index contributed by atoms with van der Waals surface area (Å²) in [5, 5.41) is 3.27. The Morgan fingerprint density at radius 3 is 2.63 bits per heavy atom. The summed E-state index contributed by atoms with van der Waals surface area (Å²) in [6.45, 7) is 2.97. The number of hydrogen-bond donors (Lipinski definition) is 1. The van der Waals surface area contributed by atoms with Crippen LogP contribution in [0.1, 0.15) is 22.6 Å². The third-order valence-corrected chi connectivity index (χ3v) is 4.16. The molecule has 3 aromatic rings. The van der Waals surface area contributed by atoms with Crippen LogP contribution in [0, 0.1) is 6.92 Å². The molecule has 0 bridgehead atoms. The summed E-state index contributed by atoms with van der Waals surface area (Å²) in [4.78, 5) is 8.39. The van der Waals surface area contributed by atoms with Crippen LogP contribution in [0.2, 0.25) is 0 Å². The Labute approximate surface area is 154 Å². The number of benzene rings is 1. The zero-order chi connectivity index (χ0) is 19.4. The lowest BCUT2D eigenvalue weighted by Crippen LogP contribution is -2.16. The van der Waals surface area contributed by atoms with E-state index in [4.69, 9.17) is 4.74 Å². The van der Waals surface area contributed by atoms with Gasteiger partial charge in [0, 0.05) is 38.1 Å². The summed E-state index contributed by atoms with van der Waals surface area (Å²) < 4.78 is 46.2. The Bertz CT molecular complexity index is 921. The van der Waals surface area contributed by atoms with Gasteiger partial charge >= 0.3 is 6.18 Å². The number of nitrogens with zero attached hydrogens (tertiary/aromatic N) is 3. The second-order valence-corrected chi connectivity index (χ2v) is 6.05. The second-order valence-electron chi connectivity index (χ2n) is 6.05. The first-order valence-corrected chi connectivity index (χ1v) is 8.31. The van der Waals surface area contributed by atoms with Crippen molar-refractivity contribution in [2.45, 2.75) is 26.2 Å². The number of rotatable bonds is 6. The van der Waals surface area contributed by atoms with E-state index in [1.54, 1.807) is 12.3 Å². The second kappa shape index (κ2) is 7.79. The van der Waals surface area contributed by atoms with Crippen molar-refractivity contribution in [2.24, 2.45) is 7.05 Å². The third kappa shape index (κ3) is 4.65. The Morgan fingerprint density at radius 2 is 1.93 bits per heavy atom. The van der Waals surface area contributed by atoms with Crippen molar-refractivity contribution in [3.8, 4) is 11.6 Å². The van der Waals surface area contributed by atoms with E-state index in [-0.39, 0.29) is 11.6 Å². The minimum absolute atomic E-state index is 0.0898. The number of aryl methyl sites for hydroxylation is 1. The smallest absolute Gasteiger partial charge is 0.416 e. The van der Waals surface area contributed by atoms with Crippen LogP contribution >= 0.6 is 0 Å². The highest BCUT2D eigenvalue weighted by Gasteiger charge is 2.30. The molecule has 0 aliphatic rings. The lowest BCUT2D eigenvalue weighted by atomic mass is 10.2. The topological polar surface area (TPSA) is 52.0 Å². The maximum Gasteiger partial charge on any atom is 0.416 e. The fourth-order valence-electron chi connectivity index (χ4n) is 2.54. The van der Waals surface area contributed by atoms with Gasteiger partial charge in [-0.3, -0.25) is 0 Å². The first-order chi connectivity index (χ1) is 12.8. The van der Waals surface area contributed by atoms with E-state index in [0.29, 0.717) is 13.1 Å². The highest BCUT2D eigenvalue weighted by molar-refractivity contribution is 5.35. The molecule has 142 valence electrons. The maximum absolute atomic E-state index is 12.9. The Hall–Kier alpha value is -2.87. The first-order valence-electron chi connectivity index (χ1n) is 8.31. The van der Waals surface area contributed by atoms with Gasteiger partial charge in [0.05, 0.1) is 11.3 Å². The molecule has 0 saturated carbocycles. The minimum Gasteiger partial charge on any atom is -0.439 e. The quantitative estimate of drug-likeness (QED) is 0.700. The molecule has 1 aromatic carbocycles. The van der Waals surface area contributed by atoms with Gasteiger partial charge in [-0.25, -0.2) is 9.97 Å². The summed E-state index contributed by atoms with van der Waals surface area (Å²) in [7, 11) is 1.94. The van der Waals surface area contributed by atoms with E-state index in [9.17, 15) is 13.2 Å². The zero-order valence-corrected chi connectivity index (χ0v) is 14.9. The van der Waals surface area contributed by atoms with Crippen molar-refractivity contribution in [3.05, 3.63) is 71.4 Å². The molecule has 0 fully saturated rings. The van der Waals surface area contributed by atoms with E-state index in [0.717, 1.165) is 29.2 Å². The van der Waals surface area contributed by atoms with Crippen LogP contribution in [-0.2, 0) is 26.3 Å². The molecule has 0 unspecified atom stereocenters. The fraction of sp³-hybridized carbons (Fsp3) is 0.263. The monoisotopic (exact) mass is 376 g/mol. The number of aromatic nitrogens is 3. The fourth-order valence-corrected chi connectivity index (χ4v) is 2.54. The van der Waals surface area contributed by atoms with Crippen LogP contribution in [0.15, 0.2) is 48.8 Å². The SMILES string of the molecule is Cc1ncc(CNCc2cccnc2Oc2cccc(C(F)(F)F)c2)n1C. The summed E-state index contributed by atoms with van der Waals surface area (Å²) in [6.07, 6.45) is -1.09. The summed E-state index contributed by atoms with van der Waals surface area (Å²) in [5.74, 6) is 1.28. The van der Waals surface area contributed by atoms with Crippen molar-refractivity contribution in [2.75, 3.05) is 0 Å². The number of ether oxygens (including phenoxy) is 1. The number of alkyl halides is 3. The largest absolute Gasteiger partial charge is 0.439 e. The van der Waals surface area contributed by atoms with Crippen LogP contribution in [-0.4, -0.2) is 14.5 Å². The molecule has 2 aromatic heterocycles. The standard InChI is InChI=1S/C19H19F3N4O/c1-13-25-12-16(26(13)2)11-23-10-14-5-4-8-24-18(14)27-17-7-3-6-15(9-17)19(20,21)22/h3-9,12,23H,10-11H2,1-2H3. The van der Waals surface area contributed by atoms with Crippen molar-refractivity contribution in [1.82, 2.24) is 19.9 Å². The van der Waals surface area contributed by atoms with Crippen molar-refractivity contribution < 1.29 is 17.9 Å². The summed E-state index contributed by atoms with van der Waals surface area (Å²) in [5.41, 5.74) is 1.01. The Kier molecular flexibility index (Phi) is 5.46. The van der Waals surface area contributed by atoms with Gasteiger partial charge < -0.3 is 14.6 Å². The van der Waals surface area contributed by atoms with Crippen LogP contribution in [0.3, 0.4) is 0 Å². The number of pyridine rings is 1. The molecular weight excluding hydrogens is 357 g/mol. The van der Waals surface area contributed by atoms with Gasteiger partial charge in [0.2, 0.25) is 5.88 Å². The number of hydrogen-bond acceptors (Lipinski definition) is 4. The molecule has 0 radical (unpaired) electrons. The summed E-state index contributed by atoms with van der Waals surface area (Å²) >= 11 is 0. The Balaban J connectivity index is 1.70. The zero-order valence-electron chi connectivity index (χ0n) is 14.9. The molecule has 2 heterocycles. The van der Waals surface area contributed by atoms with E-state index in [2.05, 4.69) is 15.3 Å². The molecule has 0 spiro atoms. The van der Waals surface area contributed by atoms with E-state index >= 15 is 0 Å². The van der Waals surface area contributed by atoms with Crippen LogP contribution in [0.5, 0.6) is 11.6 Å². The molecule has 8 heteroatoms. The van der Waals surface area contributed by atoms with Crippen molar-refractivity contribution in [1.29, 1.82) is 0 Å². The van der Waals surface area contributed by atoms with Crippen LogP contribution in [0.4, 0.5) is 13.2 Å². The van der Waals surface area contributed by atoms with Gasteiger partial charge in [-0.1, -0.05) is 12.1 Å². The molecular formula is C19H19F3N4O. The molecule has 5 nitrogen and oxygen atoms in total. The van der Waals surface area contributed by atoms with E-state index in [1.165, 1.54) is 18.3 Å². The molecule has 0 aliphatic heterocycles. The highest BCUT2D eigenvalue weighted by atomic mass is 19.4. The predicted octanol–water partition coefficient (Wildman–Crippen LogP) is 4.22. The summed E-state index contributed by atoms with van der Waals surface area (Å²) in [6, 6.07) is 8.32. The maximum atomic E-state index is 12.9. The third-order valence-electron chi connectivity index (χ3n) is 4.16. The molecule has 0 saturated heterocycles. The van der Waals surface area contributed by atoms with Gasteiger partial charge in [0.15, 0.2) is 0 Å². The molecule has 0 aliphatic carbocycles. The van der Waals surface area contributed by atoms with E-state index in [1.807, 2.05) is 24.6 Å². The Morgan fingerprint density at radius 1 is 1.11 bits per heavy atom. The van der Waals surface area contributed by atoms with Gasteiger partial charge in [0.25, 0.3) is 0 Å². The van der Waals surface area contributed by atoms with Crippen LogP contribution in [0.25, 0.3) is 0 Å². The highest BCUT2D eigenvalue weighted by Crippen LogP contribution is 2.32. The average Bonchev–Trinajstić information content (AvgIpc) is 2.95. The van der Waals surface area contributed by atoms with Gasteiger partial charge in [-0.15, -0.1) is 0 Å². The number of imidazole rings is 1. The lowest BCUT2D eigenvalue weighted by molar-refractivity contribution is -0.137.